The molecule has 0 aliphatic carbocycles. The molecule has 1 heterocycles. The fourth-order valence-corrected chi connectivity index (χ4v) is 3.38. The van der Waals surface area contributed by atoms with Crippen molar-refractivity contribution in [3.05, 3.63) is 29.3 Å². The van der Waals surface area contributed by atoms with Gasteiger partial charge in [-0.15, -0.1) is 0 Å². The van der Waals surface area contributed by atoms with Crippen molar-refractivity contribution >= 4 is 27.5 Å². The fraction of sp³-hybridized carbons (Fsp3) is 0.588. The molecule has 3 heteroatoms. The molecule has 0 spiro atoms. The largest absolute Gasteiger partial charge is 0.305 e. The predicted molar refractivity (Wildman–Crippen MR) is 88.8 cm³/mol. The van der Waals surface area contributed by atoms with Gasteiger partial charge < -0.3 is 4.90 Å². The number of anilines is 1. The molecular formula is C17H24BrNO. The highest BCUT2D eigenvalue weighted by atomic mass is 79.9. The normalized spacial score (nSPS) is 21.6. The van der Waals surface area contributed by atoms with Gasteiger partial charge in [0.2, 0.25) is 5.91 Å². The van der Waals surface area contributed by atoms with Crippen LogP contribution in [0.5, 0.6) is 0 Å². The van der Waals surface area contributed by atoms with Crippen LogP contribution in [0.15, 0.2) is 18.2 Å². The van der Waals surface area contributed by atoms with Crippen LogP contribution in [-0.2, 0) is 4.79 Å². The number of amides is 1. The first-order valence-electron chi connectivity index (χ1n) is 7.18. The van der Waals surface area contributed by atoms with Gasteiger partial charge >= 0.3 is 0 Å². The molecule has 1 amide bonds. The molecule has 1 aromatic carbocycles. The second-order valence-corrected chi connectivity index (χ2v) is 9.08. The topological polar surface area (TPSA) is 20.3 Å². The first kappa shape index (κ1) is 15.6. The average molecular weight is 338 g/mol. The van der Waals surface area contributed by atoms with Gasteiger partial charge in [-0.05, 0) is 58.6 Å². The molecule has 1 aliphatic heterocycles. The number of rotatable bonds is 1. The standard InChI is InChI=1S/C17H24BrNO/c1-11-7-8-14-13(9-11)12(2)10-16(3,4)19(14)15(20)17(5,6)18/h7-9,12H,10H2,1-6H3/t12-/m1/s1. The first-order chi connectivity index (χ1) is 9.04. The Hall–Kier alpha value is -0.830. The number of aryl methyl sites for hydroxylation is 1. The van der Waals surface area contributed by atoms with E-state index in [0.717, 1.165) is 12.1 Å². The number of carbonyl (C=O) groups excluding carboxylic acids is 1. The van der Waals surface area contributed by atoms with Crippen molar-refractivity contribution < 1.29 is 4.79 Å². The van der Waals surface area contributed by atoms with Crippen LogP contribution in [0.25, 0.3) is 0 Å². The number of nitrogens with zero attached hydrogens (tertiary/aromatic N) is 1. The van der Waals surface area contributed by atoms with Gasteiger partial charge in [0.25, 0.3) is 0 Å². The second-order valence-electron chi connectivity index (χ2n) is 7.09. The van der Waals surface area contributed by atoms with Crippen LogP contribution in [0.4, 0.5) is 5.69 Å². The molecule has 0 saturated heterocycles. The molecule has 110 valence electrons. The summed E-state index contributed by atoms with van der Waals surface area (Å²) in [6.07, 6.45) is 0.984. The summed E-state index contributed by atoms with van der Waals surface area (Å²) in [5, 5.41) is 0. The highest BCUT2D eigenvalue weighted by Gasteiger charge is 2.43. The number of hydrogen-bond donors (Lipinski definition) is 0. The molecule has 0 saturated carbocycles. The van der Waals surface area contributed by atoms with Crippen LogP contribution in [0.1, 0.15) is 58.1 Å². The molecule has 1 atom stereocenters. The van der Waals surface area contributed by atoms with Crippen molar-refractivity contribution in [2.45, 2.75) is 63.7 Å². The summed E-state index contributed by atoms with van der Waals surface area (Å²) in [6, 6.07) is 6.41. The van der Waals surface area contributed by atoms with Crippen molar-refractivity contribution in [3.8, 4) is 0 Å². The maximum atomic E-state index is 12.9. The van der Waals surface area contributed by atoms with Crippen LogP contribution in [-0.4, -0.2) is 15.8 Å². The van der Waals surface area contributed by atoms with Gasteiger partial charge in [0, 0.05) is 11.2 Å². The monoisotopic (exact) mass is 337 g/mol. The van der Waals surface area contributed by atoms with Crippen LogP contribution in [0, 0.1) is 6.92 Å². The summed E-state index contributed by atoms with van der Waals surface area (Å²) in [5.41, 5.74) is 3.44. The molecule has 0 bridgehead atoms. The lowest BCUT2D eigenvalue weighted by molar-refractivity contribution is -0.121. The lowest BCUT2D eigenvalue weighted by atomic mass is 9.79. The highest BCUT2D eigenvalue weighted by Crippen LogP contribution is 2.45. The molecule has 20 heavy (non-hydrogen) atoms. The number of carbonyl (C=O) groups is 1. The summed E-state index contributed by atoms with van der Waals surface area (Å²) < 4.78 is -0.549. The van der Waals surface area contributed by atoms with Crippen LogP contribution >= 0.6 is 15.9 Å². The van der Waals surface area contributed by atoms with Gasteiger partial charge in [0.15, 0.2) is 0 Å². The van der Waals surface area contributed by atoms with Crippen LogP contribution in [0.2, 0.25) is 0 Å². The summed E-state index contributed by atoms with van der Waals surface area (Å²) >= 11 is 3.52. The molecular weight excluding hydrogens is 314 g/mol. The SMILES string of the molecule is Cc1ccc2c(c1)[C@H](C)CC(C)(C)N2C(=O)C(C)(C)Br. The average Bonchev–Trinajstić information content (AvgIpc) is 2.27. The fourth-order valence-electron chi connectivity index (χ4n) is 3.20. The van der Waals surface area contributed by atoms with Gasteiger partial charge in [-0.1, -0.05) is 40.5 Å². The van der Waals surface area contributed by atoms with E-state index in [1.807, 2.05) is 18.7 Å². The minimum Gasteiger partial charge on any atom is -0.305 e. The van der Waals surface area contributed by atoms with Crippen molar-refractivity contribution in [2.24, 2.45) is 0 Å². The van der Waals surface area contributed by atoms with Crippen molar-refractivity contribution in [1.29, 1.82) is 0 Å². The van der Waals surface area contributed by atoms with Crippen molar-refractivity contribution in [1.82, 2.24) is 0 Å². The minimum absolute atomic E-state index is 0.125. The number of halogens is 1. The molecule has 0 aromatic heterocycles. The van der Waals surface area contributed by atoms with Crippen LogP contribution < -0.4 is 4.90 Å². The van der Waals surface area contributed by atoms with E-state index in [-0.39, 0.29) is 11.4 Å². The highest BCUT2D eigenvalue weighted by molar-refractivity contribution is 9.10. The third-order valence-electron chi connectivity index (χ3n) is 4.08. The smallest absolute Gasteiger partial charge is 0.243 e. The van der Waals surface area contributed by atoms with E-state index < -0.39 is 4.32 Å². The first-order valence-corrected chi connectivity index (χ1v) is 7.97. The summed E-state index contributed by atoms with van der Waals surface area (Å²) in [5.74, 6) is 0.599. The Morgan fingerprint density at radius 2 is 2.00 bits per heavy atom. The Morgan fingerprint density at radius 3 is 2.55 bits per heavy atom. The second kappa shape index (κ2) is 4.87. The molecule has 0 radical (unpaired) electrons. The molecule has 1 aliphatic rings. The Labute approximate surface area is 130 Å². The third-order valence-corrected chi connectivity index (χ3v) is 4.42. The zero-order valence-corrected chi connectivity index (χ0v) is 14.8. The summed E-state index contributed by atoms with van der Waals surface area (Å²) in [6.45, 7) is 12.5. The lowest BCUT2D eigenvalue weighted by Crippen LogP contribution is -2.56. The Kier molecular flexibility index (Phi) is 3.79. The maximum absolute atomic E-state index is 12.9. The summed E-state index contributed by atoms with van der Waals surface area (Å²) in [7, 11) is 0. The Bertz CT molecular complexity index is 542. The van der Waals surface area contributed by atoms with E-state index in [4.69, 9.17) is 0 Å². The quantitative estimate of drug-likeness (QED) is 0.675. The lowest BCUT2D eigenvalue weighted by Gasteiger charge is -2.47. The maximum Gasteiger partial charge on any atom is 0.243 e. The van der Waals surface area contributed by atoms with Gasteiger partial charge in [-0.2, -0.15) is 0 Å². The number of hydrogen-bond acceptors (Lipinski definition) is 1. The molecule has 2 nitrogen and oxygen atoms in total. The molecule has 0 fully saturated rings. The van der Waals surface area contributed by atoms with Crippen LogP contribution in [0.3, 0.4) is 0 Å². The van der Waals surface area contributed by atoms with Gasteiger partial charge in [0.1, 0.15) is 0 Å². The minimum atomic E-state index is -0.549. The molecule has 0 unspecified atom stereocenters. The van der Waals surface area contributed by atoms with Gasteiger partial charge in [0.05, 0.1) is 4.32 Å². The van der Waals surface area contributed by atoms with Gasteiger partial charge in [-0.25, -0.2) is 0 Å². The van der Waals surface area contributed by atoms with Crippen molar-refractivity contribution in [3.63, 3.8) is 0 Å². The number of alkyl halides is 1. The Balaban J connectivity index is 2.60. The third kappa shape index (κ3) is 2.65. The number of fused-ring (bicyclic) bond motifs is 1. The molecule has 2 rings (SSSR count). The van der Waals surface area contributed by atoms with Crippen molar-refractivity contribution in [2.75, 3.05) is 4.90 Å². The predicted octanol–water partition coefficient (Wildman–Crippen LogP) is 4.79. The zero-order valence-electron chi connectivity index (χ0n) is 13.2. The Morgan fingerprint density at radius 1 is 1.40 bits per heavy atom. The molecule has 0 N–H and O–H groups in total. The van der Waals surface area contributed by atoms with E-state index in [2.05, 4.69) is 61.8 Å². The molecule has 1 aromatic rings. The van der Waals surface area contributed by atoms with E-state index in [1.54, 1.807) is 0 Å². The van der Waals surface area contributed by atoms with Gasteiger partial charge in [-0.3, -0.25) is 4.79 Å². The van der Waals surface area contributed by atoms with E-state index in [1.165, 1.54) is 11.1 Å². The number of benzene rings is 1. The zero-order chi connectivity index (χ0) is 15.3. The van der Waals surface area contributed by atoms with E-state index in [0.29, 0.717) is 5.92 Å². The van der Waals surface area contributed by atoms with E-state index >= 15 is 0 Å². The van der Waals surface area contributed by atoms with E-state index in [9.17, 15) is 4.79 Å². The summed E-state index contributed by atoms with van der Waals surface area (Å²) in [4.78, 5) is 14.9.